The van der Waals surface area contributed by atoms with Gasteiger partial charge in [0.05, 0.1) is 25.2 Å². The third-order valence-electron chi connectivity index (χ3n) is 4.02. The lowest BCUT2D eigenvalue weighted by Crippen LogP contribution is -2.35. The van der Waals surface area contributed by atoms with Gasteiger partial charge in [-0.2, -0.15) is 5.10 Å². The van der Waals surface area contributed by atoms with Crippen LogP contribution in [0.25, 0.3) is 11.3 Å². The molecule has 0 saturated heterocycles. The molecule has 0 aliphatic heterocycles. The summed E-state index contributed by atoms with van der Waals surface area (Å²) >= 11 is 0. The van der Waals surface area contributed by atoms with Gasteiger partial charge in [0.2, 0.25) is 17.8 Å². The Morgan fingerprint density at radius 3 is 2.25 bits per heavy atom. The molecule has 0 spiro atoms. The average molecular weight is 376 g/mol. The minimum absolute atomic E-state index is 0.142. The van der Waals surface area contributed by atoms with Crippen LogP contribution in [0.3, 0.4) is 0 Å². The number of aromatic nitrogens is 2. The lowest BCUT2D eigenvalue weighted by atomic mass is 10.2. The minimum atomic E-state index is -0.432. The molecule has 0 saturated carbocycles. The van der Waals surface area contributed by atoms with Crippen molar-refractivity contribution in [2.24, 2.45) is 5.10 Å². The van der Waals surface area contributed by atoms with Crippen LogP contribution in [-0.2, 0) is 9.59 Å². The number of hydrogen-bond donors (Lipinski definition) is 0. The number of rotatable bonds is 5. The zero-order valence-electron chi connectivity index (χ0n) is 15.9. The molecule has 0 fully saturated rings. The molecule has 1 aromatic heterocycles. The molecule has 2 amide bonds. The molecular weight excluding hydrogens is 356 g/mol. The van der Waals surface area contributed by atoms with Gasteiger partial charge in [0.1, 0.15) is 5.75 Å². The minimum Gasteiger partial charge on any atom is -0.497 e. The highest BCUT2D eigenvalue weighted by Gasteiger charge is 2.23. The van der Waals surface area contributed by atoms with Gasteiger partial charge in [-0.1, -0.05) is 30.3 Å². The van der Waals surface area contributed by atoms with E-state index in [0.29, 0.717) is 5.69 Å². The first kappa shape index (κ1) is 19.0. The number of anilines is 1. The van der Waals surface area contributed by atoms with Gasteiger partial charge >= 0.3 is 0 Å². The van der Waals surface area contributed by atoms with Gasteiger partial charge in [-0.15, -0.1) is 0 Å². The number of carbonyl (C=O) groups is 2. The molecule has 3 rings (SSSR count). The van der Waals surface area contributed by atoms with E-state index in [-0.39, 0.29) is 5.95 Å². The lowest BCUT2D eigenvalue weighted by molar-refractivity contribution is -0.124. The van der Waals surface area contributed by atoms with Crippen molar-refractivity contribution in [3.8, 4) is 17.0 Å². The molecule has 2 aromatic carbocycles. The lowest BCUT2D eigenvalue weighted by Gasteiger charge is -2.15. The van der Waals surface area contributed by atoms with E-state index in [9.17, 15) is 9.59 Å². The van der Waals surface area contributed by atoms with Gasteiger partial charge in [0.25, 0.3) is 0 Å². The van der Waals surface area contributed by atoms with Crippen molar-refractivity contribution >= 4 is 24.0 Å². The molecule has 7 heteroatoms. The molecule has 0 atom stereocenters. The van der Waals surface area contributed by atoms with Crippen molar-refractivity contribution in [2.45, 2.75) is 13.8 Å². The Morgan fingerprint density at radius 1 is 1.04 bits per heavy atom. The maximum atomic E-state index is 12.0. The first-order chi connectivity index (χ1) is 13.5. The summed E-state index contributed by atoms with van der Waals surface area (Å²) in [5.41, 5.74) is 2.29. The first-order valence-corrected chi connectivity index (χ1v) is 8.64. The van der Waals surface area contributed by atoms with Crippen LogP contribution in [0.5, 0.6) is 5.75 Å². The normalized spacial score (nSPS) is 10.8. The number of nitrogens with zero attached hydrogens (tertiary/aromatic N) is 4. The molecule has 28 heavy (non-hydrogen) atoms. The van der Waals surface area contributed by atoms with Crippen LogP contribution >= 0.6 is 0 Å². The summed E-state index contributed by atoms with van der Waals surface area (Å²) < 4.78 is 6.57. The van der Waals surface area contributed by atoms with Crippen LogP contribution in [0.15, 0.2) is 65.9 Å². The molecule has 0 radical (unpaired) electrons. The third kappa shape index (κ3) is 4.15. The van der Waals surface area contributed by atoms with Gasteiger partial charge < -0.3 is 4.74 Å². The summed E-state index contributed by atoms with van der Waals surface area (Å²) in [5, 5.41) is 4.41. The van der Waals surface area contributed by atoms with E-state index >= 15 is 0 Å². The maximum Gasteiger partial charge on any atom is 0.241 e. The second-order valence-corrected chi connectivity index (χ2v) is 6.03. The van der Waals surface area contributed by atoms with Gasteiger partial charge in [0.15, 0.2) is 0 Å². The van der Waals surface area contributed by atoms with Crippen molar-refractivity contribution in [1.29, 1.82) is 0 Å². The van der Waals surface area contributed by atoms with Crippen molar-refractivity contribution in [2.75, 3.05) is 12.0 Å². The highest BCUT2D eigenvalue weighted by Crippen LogP contribution is 2.23. The summed E-state index contributed by atoms with van der Waals surface area (Å²) in [6.07, 6.45) is 3.31. The van der Waals surface area contributed by atoms with E-state index in [1.54, 1.807) is 19.5 Å². The van der Waals surface area contributed by atoms with E-state index in [2.05, 4.69) is 10.1 Å². The number of amides is 2. The zero-order valence-corrected chi connectivity index (χ0v) is 15.9. The second kappa shape index (κ2) is 8.30. The predicted octanol–water partition coefficient (Wildman–Crippen LogP) is 3.34. The van der Waals surface area contributed by atoms with E-state index in [0.717, 1.165) is 21.8 Å². The Bertz CT molecular complexity index is 994. The fraction of sp³-hybridized carbons (Fsp3) is 0.143. The van der Waals surface area contributed by atoms with Gasteiger partial charge in [-0.3, -0.25) is 9.59 Å². The highest BCUT2D eigenvalue weighted by molar-refractivity contribution is 6.12. The number of hydrogen-bond acceptors (Lipinski definition) is 5. The fourth-order valence-corrected chi connectivity index (χ4v) is 2.67. The summed E-state index contributed by atoms with van der Waals surface area (Å²) in [6.45, 7) is 2.63. The monoisotopic (exact) mass is 376 g/mol. The SMILES string of the molecule is COc1ccc(C=Nn2cc(-c3ccccc3)nc2N(C(C)=O)C(C)=O)cc1. The topological polar surface area (TPSA) is 76.8 Å². The standard InChI is InChI=1S/C21H20N4O3/c1-15(26)25(16(2)27)21-23-20(18-7-5-4-6-8-18)14-24(21)22-13-17-9-11-19(28-3)12-10-17/h4-14H,1-3H3. The Kier molecular flexibility index (Phi) is 5.64. The molecular formula is C21H20N4O3. The number of carbonyl (C=O) groups excluding carboxylic acids is 2. The molecule has 0 N–H and O–H groups in total. The number of benzene rings is 2. The van der Waals surface area contributed by atoms with Crippen molar-refractivity contribution in [1.82, 2.24) is 9.66 Å². The summed E-state index contributed by atoms with van der Waals surface area (Å²) in [5.74, 6) is 0.0204. The van der Waals surface area contributed by atoms with Crippen LogP contribution in [0, 0.1) is 0 Å². The molecule has 0 aliphatic rings. The van der Waals surface area contributed by atoms with Crippen molar-refractivity contribution in [3.05, 3.63) is 66.4 Å². The summed E-state index contributed by atoms with van der Waals surface area (Å²) in [6, 6.07) is 16.8. The van der Waals surface area contributed by atoms with Crippen LogP contribution in [0.2, 0.25) is 0 Å². The molecule has 1 heterocycles. The summed E-state index contributed by atoms with van der Waals surface area (Å²) in [4.78, 5) is 29.5. The van der Waals surface area contributed by atoms with Gasteiger partial charge in [-0.05, 0) is 29.8 Å². The van der Waals surface area contributed by atoms with Crippen LogP contribution in [0.4, 0.5) is 5.95 Å². The smallest absolute Gasteiger partial charge is 0.241 e. The quantitative estimate of drug-likeness (QED) is 0.640. The fourth-order valence-electron chi connectivity index (χ4n) is 2.67. The van der Waals surface area contributed by atoms with Crippen LogP contribution in [-0.4, -0.2) is 34.8 Å². The third-order valence-corrected chi connectivity index (χ3v) is 4.02. The van der Waals surface area contributed by atoms with Gasteiger partial charge in [-0.25, -0.2) is 14.6 Å². The van der Waals surface area contributed by atoms with E-state index in [1.165, 1.54) is 18.5 Å². The molecule has 0 bridgehead atoms. The highest BCUT2D eigenvalue weighted by atomic mass is 16.5. The second-order valence-electron chi connectivity index (χ2n) is 6.03. The zero-order chi connectivity index (χ0) is 20.1. The Balaban J connectivity index is 2.04. The first-order valence-electron chi connectivity index (χ1n) is 8.64. The number of imidazole rings is 1. The Labute approximate surface area is 162 Å². The molecule has 0 aliphatic carbocycles. The summed E-state index contributed by atoms with van der Waals surface area (Å²) in [7, 11) is 1.60. The molecule has 0 unspecified atom stereocenters. The molecule has 7 nitrogen and oxygen atoms in total. The van der Waals surface area contributed by atoms with E-state index < -0.39 is 11.8 Å². The number of methoxy groups -OCH3 is 1. The maximum absolute atomic E-state index is 12.0. The van der Waals surface area contributed by atoms with Crippen molar-refractivity contribution < 1.29 is 14.3 Å². The van der Waals surface area contributed by atoms with Crippen LogP contribution in [0.1, 0.15) is 19.4 Å². The predicted molar refractivity (Wildman–Crippen MR) is 107 cm³/mol. The van der Waals surface area contributed by atoms with Crippen molar-refractivity contribution in [3.63, 3.8) is 0 Å². The Hall–Kier alpha value is -3.74. The molecule has 142 valence electrons. The largest absolute Gasteiger partial charge is 0.497 e. The van der Waals surface area contributed by atoms with Gasteiger partial charge in [0, 0.05) is 19.4 Å². The number of imide groups is 1. The Morgan fingerprint density at radius 2 is 1.68 bits per heavy atom. The van der Waals surface area contributed by atoms with E-state index in [1.807, 2.05) is 54.6 Å². The number of ether oxygens (including phenoxy) is 1. The van der Waals surface area contributed by atoms with Crippen LogP contribution < -0.4 is 9.64 Å². The molecule has 3 aromatic rings. The average Bonchev–Trinajstić information content (AvgIpc) is 3.10. The van der Waals surface area contributed by atoms with E-state index in [4.69, 9.17) is 4.74 Å².